The molecule has 1 rings (SSSR count). The van der Waals surface area contributed by atoms with E-state index >= 15 is 0 Å². The van der Waals surface area contributed by atoms with Crippen molar-refractivity contribution in [2.75, 3.05) is 11.9 Å². The first-order valence-corrected chi connectivity index (χ1v) is 5.25. The maximum Gasteiger partial charge on any atom is 0.416 e. The second kappa shape index (κ2) is 5.46. The molecule has 1 aromatic carbocycles. The molecule has 19 heavy (non-hydrogen) atoms. The number of rotatable bonds is 3. The second-order valence-electron chi connectivity index (χ2n) is 3.63. The number of aliphatic hydroxyl groups is 1. The summed E-state index contributed by atoms with van der Waals surface area (Å²) in [6.45, 7) is -0.908. The van der Waals surface area contributed by atoms with Crippen LogP contribution in [-0.4, -0.2) is 23.9 Å². The summed E-state index contributed by atoms with van der Waals surface area (Å²) in [4.78, 5) is 0. The largest absolute Gasteiger partial charge is 0.416 e. The standard InChI is InChI=1S/C10H8ClF6NO/c11-6-3-5(9(12,13)14)1-2-7(6)18-4-8(19)10(15,16)17/h1-3,8,18-19H,4H2. The Bertz CT molecular complexity index is 445. The third-order valence-corrected chi connectivity index (χ3v) is 2.47. The molecule has 0 fully saturated rings. The average molecular weight is 308 g/mol. The molecule has 0 spiro atoms. The van der Waals surface area contributed by atoms with Crippen molar-refractivity contribution in [3.63, 3.8) is 0 Å². The second-order valence-corrected chi connectivity index (χ2v) is 4.04. The number of benzene rings is 1. The maximum atomic E-state index is 12.3. The summed E-state index contributed by atoms with van der Waals surface area (Å²) in [6.07, 6.45) is -12.0. The fourth-order valence-electron chi connectivity index (χ4n) is 1.16. The van der Waals surface area contributed by atoms with Crippen LogP contribution in [0.4, 0.5) is 32.0 Å². The van der Waals surface area contributed by atoms with Crippen LogP contribution in [0, 0.1) is 0 Å². The molecule has 0 aliphatic rings. The summed E-state index contributed by atoms with van der Waals surface area (Å²) in [5.74, 6) is 0. The monoisotopic (exact) mass is 307 g/mol. The predicted molar refractivity (Wildman–Crippen MR) is 57.0 cm³/mol. The normalized spacial score (nSPS) is 14.3. The van der Waals surface area contributed by atoms with E-state index in [9.17, 15) is 26.3 Å². The summed E-state index contributed by atoms with van der Waals surface area (Å²) in [6, 6.07) is 2.16. The van der Waals surface area contributed by atoms with E-state index in [1.807, 2.05) is 0 Å². The van der Waals surface area contributed by atoms with Gasteiger partial charge in [-0.15, -0.1) is 0 Å². The Hall–Kier alpha value is -1.15. The molecule has 0 saturated carbocycles. The zero-order chi connectivity index (χ0) is 14.8. The highest BCUT2D eigenvalue weighted by atomic mass is 35.5. The van der Waals surface area contributed by atoms with E-state index in [4.69, 9.17) is 16.7 Å². The van der Waals surface area contributed by atoms with Crippen LogP contribution >= 0.6 is 11.6 Å². The van der Waals surface area contributed by atoms with Gasteiger partial charge in [-0.05, 0) is 18.2 Å². The van der Waals surface area contributed by atoms with Crippen LogP contribution in [0.15, 0.2) is 18.2 Å². The van der Waals surface area contributed by atoms with Crippen molar-refractivity contribution in [2.45, 2.75) is 18.5 Å². The van der Waals surface area contributed by atoms with Gasteiger partial charge >= 0.3 is 12.4 Å². The Labute approximate surface area is 109 Å². The van der Waals surface area contributed by atoms with Gasteiger partial charge in [0.2, 0.25) is 0 Å². The molecule has 0 radical (unpaired) electrons. The molecular weight excluding hydrogens is 300 g/mol. The Balaban J connectivity index is 2.77. The van der Waals surface area contributed by atoms with Crippen LogP contribution in [0.1, 0.15) is 5.56 Å². The fourth-order valence-corrected chi connectivity index (χ4v) is 1.40. The van der Waals surface area contributed by atoms with E-state index in [0.717, 1.165) is 6.07 Å². The topological polar surface area (TPSA) is 32.3 Å². The van der Waals surface area contributed by atoms with Crippen molar-refractivity contribution in [3.05, 3.63) is 28.8 Å². The van der Waals surface area contributed by atoms with Gasteiger partial charge in [0.1, 0.15) is 0 Å². The summed E-state index contributed by atoms with van der Waals surface area (Å²) in [5, 5.41) is 10.5. The zero-order valence-corrected chi connectivity index (χ0v) is 9.87. The van der Waals surface area contributed by atoms with Gasteiger partial charge < -0.3 is 10.4 Å². The van der Waals surface area contributed by atoms with Crippen molar-refractivity contribution < 1.29 is 31.4 Å². The van der Waals surface area contributed by atoms with Crippen molar-refractivity contribution in [1.82, 2.24) is 0 Å². The Morgan fingerprint density at radius 1 is 1.16 bits per heavy atom. The fraction of sp³-hybridized carbons (Fsp3) is 0.400. The van der Waals surface area contributed by atoms with E-state index in [-0.39, 0.29) is 10.7 Å². The molecule has 0 bridgehead atoms. The van der Waals surface area contributed by atoms with Gasteiger partial charge in [-0.3, -0.25) is 0 Å². The minimum absolute atomic E-state index is 0.127. The van der Waals surface area contributed by atoms with E-state index < -0.39 is 30.6 Å². The van der Waals surface area contributed by atoms with Crippen molar-refractivity contribution in [2.24, 2.45) is 0 Å². The first-order valence-electron chi connectivity index (χ1n) is 4.87. The van der Waals surface area contributed by atoms with E-state index in [1.165, 1.54) is 0 Å². The number of hydrogen-bond acceptors (Lipinski definition) is 2. The minimum atomic E-state index is -4.81. The Kier molecular flexibility index (Phi) is 4.57. The van der Waals surface area contributed by atoms with Gasteiger partial charge in [0.15, 0.2) is 6.10 Å². The Morgan fingerprint density at radius 3 is 2.16 bits per heavy atom. The molecule has 0 amide bonds. The number of halogens is 7. The van der Waals surface area contributed by atoms with E-state index in [1.54, 1.807) is 0 Å². The molecule has 1 atom stereocenters. The number of hydrogen-bond donors (Lipinski definition) is 2. The summed E-state index contributed by atoms with van der Waals surface area (Å²) in [5.41, 5.74) is -1.14. The lowest BCUT2D eigenvalue weighted by Gasteiger charge is -2.17. The SMILES string of the molecule is OC(CNc1ccc(C(F)(F)F)cc1Cl)C(F)(F)F. The van der Waals surface area contributed by atoms with Crippen LogP contribution in [0.25, 0.3) is 0 Å². The molecular formula is C10H8ClF6NO. The number of alkyl halides is 6. The number of aliphatic hydroxyl groups excluding tert-OH is 1. The highest BCUT2D eigenvalue weighted by molar-refractivity contribution is 6.33. The van der Waals surface area contributed by atoms with Crippen LogP contribution in [-0.2, 0) is 6.18 Å². The minimum Gasteiger partial charge on any atom is -0.382 e. The molecule has 108 valence electrons. The third kappa shape index (κ3) is 4.46. The molecule has 0 aliphatic carbocycles. The lowest BCUT2D eigenvalue weighted by molar-refractivity contribution is -0.198. The maximum absolute atomic E-state index is 12.3. The molecule has 1 aromatic rings. The molecule has 0 saturated heterocycles. The number of anilines is 1. The van der Waals surface area contributed by atoms with Crippen LogP contribution in [0.5, 0.6) is 0 Å². The van der Waals surface area contributed by atoms with E-state index in [0.29, 0.717) is 12.1 Å². The van der Waals surface area contributed by atoms with Crippen LogP contribution in [0.2, 0.25) is 5.02 Å². The zero-order valence-electron chi connectivity index (χ0n) is 9.11. The molecule has 0 aliphatic heterocycles. The number of nitrogens with one attached hydrogen (secondary N) is 1. The average Bonchev–Trinajstić information content (AvgIpc) is 2.24. The molecule has 0 aromatic heterocycles. The van der Waals surface area contributed by atoms with E-state index in [2.05, 4.69) is 5.32 Å². The van der Waals surface area contributed by atoms with Crippen molar-refractivity contribution >= 4 is 17.3 Å². The van der Waals surface area contributed by atoms with Gasteiger partial charge in [0.25, 0.3) is 0 Å². The molecule has 0 heterocycles. The first-order chi connectivity index (χ1) is 8.51. The highest BCUT2D eigenvalue weighted by Gasteiger charge is 2.38. The van der Waals surface area contributed by atoms with Gasteiger partial charge in [-0.2, -0.15) is 26.3 Å². The lowest BCUT2D eigenvalue weighted by Crippen LogP contribution is -2.35. The third-order valence-electron chi connectivity index (χ3n) is 2.16. The molecule has 1 unspecified atom stereocenters. The molecule has 2 nitrogen and oxygen atoms in total. The molecule has 9 heteroatoms. The van der Waals surface area contributed by atoms with Gasteiger partial charge in [0.05, 0.1) is 16.3 Å². The summed E-state index contributed by atoms with van der Waals surface area (Å²) in [7, 11) is 0. The Morgan fingerprint density at radius 2 is 1.74 bits per heavy atom. The predicted octanol–water partition coefficient (Wildman–Crippen LogP) is 3.69. The summed E-state index contributed by atoms with van der Waals surface area (Å²) >= 11 is 5.51. The summed E-state index contributed by atoms with van der Waals surface area (Å²) < 4.78 is 72.9. The molecule has 2 N–H and O–H groups in total. The lowest BCUT2D eigenvalue weighted by atomic mass is 10.2. The first kappa shape index (κ1) is 15.9. The van der Waals surface area contributed by atoms with Gasteiger partial charge in [0, 0.05) is 6.54 Å². The highest BCUT2D eigenvalue weighted by Crippen LogP contribution is 2.33. The smallest absolute Gasteiger partial charge is 0.382 e. The van der Waals surface area contributed by atoms with Crippen LogP contribution < -0.4 is 5.32 Å². The van der Waals surface area contributed by atoms with Gasteiger partial charge in [-0.25, -0.2) is 0 Å². The van der Waals surface area contributed by atoms with Crippen molar-refractivity contribution in [1.29, 1.82) is 0 Å². The van der Waals surface area contributed by atoms with Gasteiger partial charge in [-0.1, -0.05) is 11.6 Å². The van der Waals surface area contributed by atoms with Crippen LogP contribution in [0.3, 0.4) is 0 Å². The quantitative estimate of drug-likeness (QED) is 0.835. The van der Waals surface area contributed by atoms with Crippen molar-refractivity contribution in [3.8, 4) is 0 Å².